The van der Waals surface area contributed by atoms with Gasteiger partial charge in [-0.3, -0.25) is 9.69 Å². The Labute approximate surface area is 139 Å². The van der Waals surface area contributed by atoms with E-state index in [1.165, 1.54) is 17.8 Å². The smallest absolute Gasteiger partial charge is 0.265 e. The first-order valence-corrected chi connectivity index (χ1v) is 9.90. The topological polar surface area (TPSA) is 64.6 Å². The highest BCUT2D eigenvalue weighted by molar-refractivity contribution is 7.92. The third kappa shape index (κ3) is 3.59. The van der Waals surface area contributed by atoms with Crippen LogP contribution in [-0.4, -0.2) is 54.4 Å². The molecule has 1 fully saturated rings. The zero-order valence-corrected chi connectivity index (χ0v) is 15.2. The third-order valence-electron chi connectivity index (χ3n) is 4.12. The fourth-order valence-corrected chi connectivity index (χ4v) is 5.15. The number of hydrogen-bond donors (Lipinski definition) is 1. The van der Waals surface area contributed by atoms with Crippen molar-refractivity contribution in [1.82, 2.24) is 10.2 Å². The van der Waals surface area contributed by atoms with Crippen molar-refractivity contribution < 1.29 is 14.1 Å². The van der Waals surface area contributed by atoms with Crippen LogP contribution in [0.2, 0.25) is 0 Å². The highest BCUT2D eigenvalue weighted by atomic mass is 32.2. The summed E-state index contributed by atoms with van der Waals surface area (Å²) < 4.78 is 17.8. The van der Waals surface area contributed by atoms with Crippen molar-refractivity contribution >= 4 is 28.4 Å². The summed E-state index contributed by atoms with van der Waals surface area (Å²) in [6.45, 7) is 6.77. The van der Waals surface area contributed by atoms with Crippen LogP contribution in [0.5, 0.6) is 5.75 Å². The van der Waals surface area contributed by atoms with Gasteiger partial charge in [0.2, 0.25) is 4.21 Å². The number of rotatable bonds is 6. The van der Waals surface area contributed by atoms with Gasteiger partial charge in [-0.05, 0) is 44.0 Å². The largest absolute Gasteiger partial charge is 0.611 e. The monoisotopic (exact) mass is 344 g/mol. The Morgan fingerprint density at radius 3 is 2.91 bits per heavy atom. The van der Waals surface area contributed by atoms with Gasteiger partial charge in [0.05, 0.1) is 12.7 Å². The molecule has 1 saturated heterocycles. The standard InChI is InChI=1S/C15H24N2O3S2/c1-5-17-8-6-7-11(17)9-16-14(18)13-12(20-3)10(2)15(21-13)22(4)19/h11H,5-9H2,1-4H3,(H,16,18). The molecular formula is C15H24N2O3S2. The molecule has 7 heteroatoms. The lowest BCUT2D eigenvalue weighted by molar-refractivity contribution is 0.0942. The van der Waals surface area contributed by atoms with Crippen LogP contribution in [0.4, 0.5) is 0 Å². The van der Waals surface area contributed by atoms with Gasteiger partial charge >= 0.3 is 0 Å². The summed E-state index contributed by atoms with van der Waals surface area (Å²) in [5.74, 6) is 0.413. The Hall–Kier alpha value is -0.760. The summed E-state index contributed by atoms with van der Waals surface area (Å²) in [7, 11) is 1.55. The van der Waals surface area contributed by atoms with Crippen LogP contribution in [0, 0.1) is 6.92 Å². The molecule has 1 aromatic heterocycles. The maximum Gasteiger partial charge on any atom is 0.265 e. The molecule has 0 radical (unpaired) electrons. The highest BCUT2D eigenvalue weighted by Gasteiger charge is 2.28. The molecule has 1 N–H and O–H groups in total. The molecule has 1 aliphatic rings. The van der Waals surface area contributed by atoms with Crippen molar-refractivity contribution in [3.8, 4) is 5.75 Å². The molecule has 1 amide bonds. The number of amides is 1. The quantitative estimate of drug-likeness (QED) is 0.802. The van der Waals surface area contributed by atoms with Gasteiger partial charge in [-0.1, -0.05) is 18.3 Å². The first kappa shape index (κ1) is 17.6. The van der Waals surface area contributed by atoms with Gasteiger partial charge in [0, 0.05) is 12.6 Å². The number of ether oxygens (including phenoxy) is 1. The first-order chi connectivity index (χ1) is 10.5. The van der Waals surface area contributed by atoms with Crippen molar-refractivity contribution in [3.05, 3.63) is 10.4 Å². The number of thiophene rings is 1. The van der Waals surface area contributed by atoms with E-state index in [9.17, 15) is 9.35 Å². The van der Waals surface area contributed by atoms with E-state index in [2.05, 4.69) is 17.1 Å². The van der Waals surface area contributed by atoms with Crippen molar-refractivity contribution in [2.75, 3.05) is 33.0 Å². The maximum atomic E-state index is 12.5. The molecular weight excluding hydrogens is 320 g/mol. The van der Waals surface area contributed by atoms with Gasteiger partial charge in [0.25, 0.3) is 5.91 Å². The number of carbonyl (C=O) groups is 1. The molecule has 1 aromatic rings. The zero-order chi connectivity index (χ0) is 16.3. The minimum atomic E-state index is -1.11. The van der Waals surface area contributed by atoms with Gasteiger partial charge in [-0.2, -0.15) is 0 Å². The van der Waals surface area contributed by atoms with E-state index in [4.69, 9.17) is 4.74 Å². The lowest BCUT2D eigenvalue weighted by atomic mass is 10.2. The Balaban J connectivity index is 2.08. The van der Waals surface area contributed by atoms with Crippen molar-refractivity contribution in [2.45, 2.75) is 36.9 Å². The predicted octanol–water partition coefficient (Wildman–Crippen LogP) is 2.02. The third-order valence-corrected chi connectivity index (χ3v) is 6.97. The number of likely N-dealkylation sites (tertiary alicyclic amines) is 1. The minimum absolute atomic E-state index is 0.135. The summed E-state index contributed by atoms with van der Waals surface area (Å²) in [5, 5.41) is 3.01. The van der Waals surface area contributed by atoms with E-state index in [-0.39, 0.29) is 5.91 Å². The second kappa shape index (κ2) is 7.68. The van der Waals surface area contributed by atoms with Crippen LogP contribution >= 0.6 is 11.3 Å². The van der Waals surface area contributed by atoms with E-state index in [0.29, 0.717) is 27.4 Å². The Bertz CT molecular complexity index is 531. The number of carbonyl (C=O) groups excluding carboxylic acids is 1. The lowest BCUT2D eigenvalue weighted by Crippen LogP contribution is -2.39. The average molecular weight is 345 g/mol. The summed E-state index contributed by atoms with van der Waals surface area (Å²) in [6, 6.07) is 0.417. The van der Waals surface area contributed by atoms with Crippen molar-refractivity contribution in [1.29, 1.82) is 0 Å². The zero-order valence-electron chi connectivity index (χ0n) is 13.6. The van der Waals surface area contributed by atoms with Crippen LogP contribution < -0.4 is 10.1 Å². The molecule has 2 unspecified atom stereocenters. The van der Waals surface area contributed by atoms with Gasteiger partial charge < -0.3 is 14.6 Å². The highest BCUT2D eigenvalue weighted by Crippen LogP contribution is 2.37. The van der Waals surface area contributed by atoms with Crippen LogP contribution in [0.15, 0.2) is 4.21 Å². The fourth-order valence-electron chi connectivity index (χ4n) is 2.98. The first-order valence-electron chi connectivity index (χ1n) is 7.52. The molecule has 0 bridgehead atoms. The molecule has 0 aromatic carbocycles. The van der Waals surface area contributed by atoms with Crippen LogP contribution in [0.3, 0.4) is 0 Å². The van der Waals surface area contributed by atoms with Gasteiger partial charge in [-0.25, -0.2) is 0 Å². The molecule has 124 valence electrons. The number of nitrogens with one attached hydrogen (secondary N) is 1. The van der Waals surface area contributed by atoms with E-state index in [0.717, 1.165) is 25.1 Å². The second-order valence-electron chi connectivity index (χ2n) is 5.47. The number of hydrogen-bond acceptors (Lipinski definition) is 5. The number of nitrogens with zero attached hydrogens (tertiary/aromatic N) is 1. The SMILES string of the molecule is CCN1CCCC1CNC(=O)c1sc([S+](C)[O-])c(C)c1OC. The average Bonchev–Trinajstić information content (AvgIpc) is 3.08. The van der Waals surface area contributed by atoms with E-state index >= 15 is 0 Å². The molecule has 2 atom stereocenters. The molecule has 0 saturated carbocycles. The minimum Gasteiger partial charge on any atom is -0.611 e. The summed E-state index contributed by atoms with van der Waals surface area (Å²) in [6.07, 6.45) is 3.94. The van der Waals surface area contributed by atoms with E-state index < -0.39 is 11.2 Å². The molecule has 0 spiro atoms. The molecule has 2 rings (SSSR count). The molecule has 5 nitrogen and oxygen atoms in total. The van der Waals surface area contributed by atoms with Crippen molar-refractivity contribution in [3.63, 3.8) is 0 Å². The van der Waals surface area contributed by atoms with Crippen LogP contribution in [0.25, 0.3) is 0 Å². The van der Waals surface area contributed by atoms with E-state index in [1.54, 1.807) is 13.4 Å². The van der Waals surface area contributed by atoms with Crippen LogP contribution in [-0.2, 0) is 11.2 Å². The summed E-state index contributed by atoms with van der Waals surface area (Å²) >= 11 is 0.154. The lowest BCUT2D eigenvalue weighted by Gasteiger charge is -2.22. The molecule has 2 heterocycles. The fraction of sp³-hybridized carbons (Fsp3) is 0.667. The number of methoxy groups -OCH3 is 1. The molecule has 0 aliphatic carbocycles. The number of likely N-dealkylation sites (N-methyl/N-ethyl adjacent to an activating group) is 1. The normalized spacial score (nSPS) is 20.1. The predicted molar refractivity (Wildman–Crippen MR) is 90.5 cm³/mol. The van der Waals surface area contributed by atoms with Gasteiger partial charge in [0.15, 0.2) is 5.75 Å². The molecule has 22 heavy (non-hydrogen) atoms. The summed E-state index contributed by atoms with van der Waals surface area (Å²) in [4.78, 5) is 15.4. The Kier molecular flexibility index (Phi) is 6.14. The van der Waals surface area contributed by atoms with Crippen LogP contribution in [0.1, 0.15) is 35.0 Å². The Morgan fingerprint density at radius 1 is 1.59 bits per heavy atom. The summed E-state index contributed by atoms with van der Waals surface area (Å²) in [5.41, 5.74) is 0.800. The Morgan fingerprint density at radius 2 is 2.32 bits per heavy atom. The maximum absolute atomic E-state index is 12.5. The van der Waals surface area contributed by atoms with Gasteiger partial charge in [0.1, 0.15) is 11.1 Å². The second-order valence-corrected chi connectivity index (χ2v) is 8.06. The van der Waals surface area contributed by atoms with E-state index in [1.807, 2.05) is 6.92 Å². The molecule has 1 aliphatic heterocycles. The van der Waals surface area contributed by atoms with Gasteiger partial charge in [-0.15, -0.1) is 0 Å². The van der Waals surface area contributed by atoms with Crippen molar-refractivity contribution in [2.24, 2.45) is 0 Å².